The summed E-state index contributed by atoms with van der Waals surface area (Å²) in [7, 11) is 1.71. The zero-order chi connectivity index (χ0) is 18.6. The summed E-state index contributed by atoms with van der Waals surface area (Å²) >= 11 is 0. The van der Waals surface area contributed by atoms with Crippen LogP contribution < -0.4 is 4.90 Å². The summed E-state index contributed by atoms with van der Waals surface area (Å²) in [5, 5.41) is 9.44. The fourth-order valence-corrected chi connectivity index (χ4v) is 2.88. The number of nitrogens with zero attached hydrogens (tertiary/aromatic N) is 1. The Morgan fingerprint density at radius 2 is 1.60 bits per heavy atom. The normalized spacial score (nSPS) is 10.8. The van der Waals surface area contributed by atoms with Crippen molar-refractivity contribution in [3.8, 4) is 11.1 Å². The van der Waals surface area contributed by atoms with E-state index in [0.717, 1.165) is 29.5 Å². The summed E-state index contributed by atoms with van der Waals surface area (Å²) in [6.45, 7) is 5.99. The van der Waals surface area contributed by atoms with Crippen molar-refractivity contribution in [3.05, 3.63) is 53.6 Å². The number of carboxylic acid groups (broad SMARTS) is 1. The molecule has 1 N–H and O–H groups in total. The SMILES string of the molecule is CCC(CC)C(=O)N(C)c1cc(C(=O)O)cc(-c2ccc(C)cc2)c1. The third-order valence-electron chi connectivity index (χ3n) is 4.60. The van der Waals surface area contributed by atoms with Crippen molar-refractivity contribution in [2.24, 2.45) is 5.92 Å². The van der Waals surface area contributed by atoms with Gasteiger partial charge in [-0.25, -0.2) is 4.79 Å². The molecule has 0 unspecified atom stereocenters. The molecule has 0 aliphatic carbocycles. The van der Waals surface area contributed by atoms with Crippen LogP contribution in [0.5, 0.6) is 0 Å². The van der Waals surface area contributed by atoms with Crippen molar-refractivity contribution < 1.29 is 14.7 Å². The van der Waals surface area contributed by atoms with Gasteiger partial charge in [0.05, 0.1) is 5.56 Å². The molecule has 0 saturated heterocycles. The molecule has 25 heavy (non-hydrogen) atoms. The van der Waals surface area contributed by atoms with E-state index in [1.54, 1.807) is 24.1 Å². The topological polar surface area (TPSA) is 57.6 Å². The van der Waals surface area contributed by atoms with Crippen LogP contribution in [0, 0.1) is 12.8 Å². The average molecular weight is 339 g/mol. The van der Waals surface area contributed by atoms with Crippen LogP contribution in [0.4, 0.5) is 5.69 Å². The second kappa shape index (κ2) is 7.97. The highest BCUT2D eigenvalue weighted by atomic mass is 16.4. The number of benzene rings is 2. The van der Waals surface area contributed by atoms with Gasteiger partial charge in [-0.1, -0.05) is 43.7 Å². The van der Waals surface area contributed by atoms with Gasteiger partial charge in [0.15, 0.2) is 0 Å². The molecule has 4 nitrogen and oxygen atoms in total. The maximum atomic E-state index is 12.7. The first-order chi connectivity index (χ1) is 11.9. The fourth-order valence-electron chi connectivity index (χ4n) is 2.88. The lowest BCUT2D eigenvalue weighted by Crippen LogP contribution is -2.32. The molecule has 0 aliphatic rings. The van der Waals surface area contributed by atoms with Gasteiger partial charge in [-0.15, -0.1) is 0 Å². The van der Waals surface area contributed by atoms with E-state index < -0.39 is 5.97 Å². The fraction of sp³-hybridized carbons (Fsp3) is 0.333. The Labute approximate surface area is 149 Å². The summed E-state index contributed by atoms with van der Waals surface area (Å²) in [6.07, 6.45) is 1.53. The number of rotatable bonds is 6. The Morgan fingerprint density at radius 3 is 2.12 bits per heavy atom. The number of carbonyl (C=O) groups excluding carboxylic acids is 1. The molecule has 132 valence electrons. The number of carbonyl (C=O) groups is 2. The smallest absolute Gasteiger partial charge is 0.335 e. The summed E-state index contributed by atoms with van der Waals surface area (Å²) in [5.41, 5.74) is 3.64. The van der Waals surface area contributed by atoms with Crippen molar-refractivity contribution >= 4 is 17.6 Å². The van der Waals surface area contributed by atoms with Crippen LogP contribution in [0.25, 0.3) is 11.1 Å². The van der Waals surface area contributed by atoms with E-state index in [-0.39, 0.29) is 17.4 Å². The number of aromatic carboxylic acids is 1. The highest BCUT2D eigenvalue weighted by molar-refractivity contribution is 5.98. The molecule has 0 saturated carbocycles. The molecular formula is C21H25NO3. The van der Waals surface area contributed by atoms with Crippen LogP contribution in [-0.4, -0.2) is 24.0 Å². The van der Waals surface area contributed by atoms with Crippen molar-refractivity contribution in [2.75, 3.05) is 11.9 Å². The monoisotopic (exact) mass is 339 g/mol. The zero-order valence-corrected chi connectivity index (χ0v) is 15.2. The molecule has 0 fully saturated rings. The van der Waals surface area contributed by atoms with Gasteiger partial charge in [0.2, 0.25) is 5.91 Å². The lowest BCUT2D eigenvalue weighted by Gasteiger charge is -2.23. The van der Waals surface area contributed by atoms with Crippen LogP contribution in [0.3, 0.4) is 0 Å². The molecule has 0 radical (unpaired) electrons. The average Bonchev–Trinajstić information content (AvgIpc) is 2.62. The number of amides is 1. The number of anilines is 1. The molecule has 0 aromatic heterocycles. The van der Waals surface area contributed by atoms with Gasteiger partial charge in [0, 0.05) is 18.7 Å². The summed E-state index contributed by atoms with van der Waals surface area (Å²) < 4.78 is 0. The van der Waals surface area contributed by atoms with Gasteiger partial charge in [0.25, 0.3) is 0 Å². The van der Waals surface area contributed by atoms with Gasteiger partial charge in [-0.05, 0) is 49.1 Å². The highest BCUT2D eigenvalue weighted by Crippen LogP contribution is 2.28. The third-order valence-corrected chi connectivity index (χ3v) is 4.60. The van der Waals surface area contributed by atoms with Crippen molar-refractivity contribution in [3.63, 3.8) is 0 Å². The zero-order valence-electron chi connectivity index (χ0n) is 15.2. The number of hydrogen-bond donors (Lipinski definition) is 1. The van der Waals surface area contributed by atoms with Crippen LogP contribution in [0.2, 0.25) is 0 Å². The standard InChI is InChI=1S/C21H25NO3/c1-5-15(6-2)20(23)22(4)19-12-17(11-18(13-19)21(24)25)16-9-7-14(3)8-10-16/h7-13,15H,5-6H2,1-4H3,(H,24,25). The third kappa shape index (κ3) is 4.27. The second-order valence-corrected chi connectivity index (χ2v) is 6.35. The minimum atomic E-state index is -1.00. The van der Waals surface area contributed by atoms with Crippen molar-refractivity contribution in [1.82, 2.24) is 0 Å². The Hall–Kier alpha value is -2.62. The van der Waals surface area contributed by atoms with Gasteiger partial charge < -0.3 is 10.0 Å². The van der Waals surface area contributed by atoms with E-state index in [1.165, 1.54) is 0 Å². The van der Waals surface area contributed by atoms with E-state index in [9.17, 15) is 14.7 Å². The lowest BCUT2D eigenvalue weighted by atomic mass is 9.99. The number of carboxylic acids is 1. The second-order valence-electron chi connectivity index (χ2n) is 6.35. The van der Waals surface area contributed by atoms with Crippen LogP contribution in [0.1, 0.15) is 42.6 Å². The van der Waals surface area contributed by atoms with Gasteiger partial charge in [-0.2, -0.15) is 0 Å². The van der Waals surface area contributed by atoms with Crippen molar-refractivity contribution in [1.29, 1.82) is 0 Å². The van der Waals surface area contributed by atoms with Crippen LogP contribution in [0.15, 0.2) is 42.5 Å². The number of hydrogen-bond acceptors (Lipinski definition) is 2. The molecule has 1 amide bonds. The van der Waals surface area contributed by atoms with Crippen molar-refractivity contribution in [2.45, 2.75) is 33.6 Å². The summed E-state index contributed by atoms with van der Waals surface area (Å²) in [5.74, 6) is -1.04. The van der Waals surface area contributed by atoms with Crippen LogP contribution >= 0.6 is 0 Å². The Balaban J connectivity index is 2.49. The van der Waals surface area contributed by atoms with E-state index in [0.29, 0.717) is 5.69 Å². The van der Waals surface area contributed by atoms with E-state index in [2.05, 4.69) is 0 Å². The van der Waals surface area contributed by atoms with Gasteiger partial charge >= 0.3 is 5.97 Å². The highest BCUT2D eigenvalue weighted by Gasteiger charge is 2.21. The molecular weight excluding hydrogens is 314 g/mol. The van der Waals surface area contributed by atoms with E-state index in [4.69, 9.17) is 0 Å². The first-order valence-corrected chi connectivity index (χ1v) is 8.60. The first kappa shape index (κ1) is 18.7. The summed E-state index contributed by atoms with van der Waals surface area (Å²) in [4.78, 5) is 25.8. The lowest BCUT2D eigenvalue weighted by molar-refractivity contribution is -0.122. The maximum absolute atomic E-state index is 12.7. The van der Waals surface area contributed by atoms with Gasteiger partial charge in [-0.3, -0.25) is 4.79 Å². The predicted molar refractivity (Wildman–Crippen MR) is 101 cm³/mol. The first-order valence-electron chi connectivity index (χ1n) is 8.60. The molecule has 2 aromatic rings. The maximum Gasteiger partial charge on any atom is 0.335 e. The van der Waals surface area contributed by atoms with Crippen LogP contribution in [-0.2, 0) is 4.79 Å². The molecule has 0 aliphatic heterocycles. The molecule has 2 rings (SSSR count). The van der Waals surface area contributed by atoms with E-state index >= 15 is 0 Å². The minimum absolute atomic E-state index is 0.0161. The van der Waals surface area contributed by atoms with E-state index in [1.807, 2.05) is 51.1 Å². The molecule has 4 heteroatoms. The Morgan fingerprint density at radius 1 is 1.00 bits per heavy atom. The van der Waals surface area contributed by atoms with Gasteiger partial charge in [0.1, 0.15) is 0 Å². The summed E-state index contributed by atoms with van der Waals surface area (Å²) in [6, 6.07) is 13.0. The number of aryl methyl sites for hydroxylation is 1. The Bertz CT molecular complexity index is 761. The molecule has 0 atom stereocenters. The molecule has 2 aromatic carbocycles. The minimum Gasteiger partial charge on any atom is -0.478 e. The molecule has 0 spiro atoms. The quantitative estimate of drug-likeness (QED) is 0.825. The largest absolute Gasteiger partial charge is 0.478 e. The Kier molecular flexibility index (Phi) is 5.97. The molecule has 0 heterocycles. The predicted octanol–water partition coefficient (Wildman–Crippen LogP) is 4.76. The molecule has 0 bridgehead atoms.